The number of aromatic nitrogens is 3. The van der Waals surface area contributed by atoms with Crippen LogP contribution < -0.4 is 21.1 Å². The number of hydrogen-bond donors (Lipinski definition) is 3. The smallest absolute Gasteiger partial charge is 0.323 e. The molecular weight excluding hydrogens is 479 g/mol. The second-order valence-electron chi connectivity index (χ2n) is 6.89. The van der Waals surface area contributed by atoms with Crippen molar-refractivity contribution in [3.8, 4) is 22.9 Å². The molecule has 2 amide bonds. The minimum Gasteiger partial charge on any atom is -0.424 e. The predicted octanol–water partition coefficient (Wildman–Crippen LogP) is 6.07. The van der Waals surface area contributed by atoms with Crippen LogP contribution in [0.15, 0.2) is 72.0 Å². The highest BCUT2D eigenvalue weighted by Crippen LogP contribution is 2.29. The molecule has 0 aliphatic heterocycles. The molecule has 8 nitrogen and oxygen atoms in total. The Labute approximate surface area is 203 Å². The van der Waals surface area contributed by atoms with E-state index >= 15 is 0 Å². The Hall–Kier alpha value is -3.89. The number of amides is 2. The molecule has 4 rings (SSSR count). The third kappa shape index (κ3) is 5.72. The van der Waals surface area contributed by atoms with E-state index in [9.17, 15) is 9.18 Å². The van der Waals surface area contributed by atoms with Gasteiger partial charge in [0.15, 0.2) is 0 Å². The van der Waals surface area contributed by atoms with Gasteiger partial charge in [-0.25, -0.2) is 24.1 Å². The number of anilines is 3. The van der Waals surface area contributed by atoms with Gasteiger partial charge in [0.05, 0.1) is 30.0 Å². The standard InChI is InChI=1S/C23H18ClFN6O2S/c1-34-20-7-4-14(24)8-19(20)31-22(32)30-16-11-28-23(29-12-16)33-17-5-2-13(3-6-17)18-9-15(25)10-27-21(18)26/h2-12H,1H3,(H2,26,27)(H2,30,31,32). The fourth-order valence-corrected chi connectivity index (χ4v) is 3.69. The Morgan fingerprint density at radius 2 is 1.76 bits per heavy atom. The topological polar surface area (TPSA) is 115 Å². The van der Waals surface area contributed by atoms with E-state index in [0.717, 1.165) is 11.1 Å². The number of carbonyl (C=O) groups excluding carboxylic acids is 1. The number of carbonyl (C=O) groups is 1. The van der Waals surface area contributed by atoms with E-state index in [1.807, 2.05) is 12.3 Å². The van der Waals surface area contributed by atoms with Crippen molar-refractivity contribution < 1.29 is 13.9 Å². The van der Waals surface area contributed by atoms with E-state index in [1.165, 1.54) is 30.2 Å². The zero-order valence-electron chi connectivity index (χ0n) is 17.8. The lowest BCUT2D eigenvalue weighted by atomic mass is 10.1. The molecule has 0 fully saturated rings. The molecule has 2 aromatic heterocycles. The second kappa shape index (κ2) is 10.4. The lowest BCUT2D eigenvalue weighted by Crippen LogP contribution is -2.20. The second-order valence-corrected chi connectivity index (χ2v) is 8.18. The van der Waals surface area contributed by atoms with Crippen LogP contribution in [0.3, 0.4) is 0 Å². The first-order valence-electron chi connectivity index (χ1n) is 9.84. The summed E-state index contributed by atoms with van der Waals surface area (Å²) in [4.78, 5) is 25.2. The van der Waals surface area contributed by atoms with Crippen LogP contribution in [0.25, 0.3) is 11.1 Å². The molecule has 34 heavy (non-hydrogen) atoms. The maximum Gasteiger partial charge on any atom is 0.323 e. The molecule has 0 atom stereocenters. The van der Waals surface area contributed by atoms with Crippen LogP contribution in [0.1, 0.15) is 0 Å². The zero-order chi connectivity index (χ0) is 24.1. The maximum atomic E-state index is 13.5. The molecule has 0 bridgehead atoms. The molecule has 4 aromatic rings. The number of halogens is 2. The highest BCUT2D eigenvalue weighted by Gasteiger charge is 2.10. The van der Waals surface area contributed by atoms with Crippen molar-refractivity contribution in [2.45, 2.75) is 4.90 Å². The number of nitrogens with zero attached hydrogens (tertiary/aromatic N) is 3. The third-order valence-electron chi connectivity index (χ3n) is 4.56. The summed E-state index contributed by atoms with van der Waals surface area (Å²) in [5.41, 5.74) is 7.97. The third-order valence-corrected chi connectivity index (χ3v) is 5.59. The van der Waals surface area contributed by atoms with Crippen molar-refractivity contribution in [3.63, 3.8) is 0 Å². The van der Waals surface area contributed by atoms with Crippen molar-refractivity contribution in [3.05, 3.63) is 78.0 Å². The van der Waals surface area contributed by atoms with Crippen molar-refractivity contribution in [2.75, 3.05) is 22.6 Å². The van der Waals surface area contributed by atoms with E-state index in [4.69, 9.17) is 22.1 Å². The quantitative estimate of drug-likeness (QED) is 0.277. The van der Waals surface area contributed by atoms with Gasteiger partial charge in [0, 0.05) is 15.5 Å². The van der Waals surface area contributed by atoms with Crippen molar-refractivity contribution in [1.82, 2.24) is 15.0 Å². The van der Waals surface area contributed by atoms with Crippen molar-refractivity contribution in [2.24, 2.45) is 0 Å². The average Bonchev–Trinajstić information content (AvgIpc) is 2.82. The molecule has 0 unspecified atom stereocenters. The van der Waals surface area contributed by atoms with Crippen LogP contribution in [0.5, 0.6) is 11.8 Å². The molecule has 0 aliphatic carbocycles. The molecular formula is C23H18ClFN6O2S. The number of thioether (sulfide) groups is 1. The first-order valence-corrected chi connectivity index (χ1v) is 11.4. The van der Waals surface area contributed by atoms with Crippen LogP contribution in [-0.4, -0.2) is 27.2 Å². The predicted molar refractivity (Wildman–Crippen MR) is 132 cm³/mol. The fraction of sp³-hybridized carbons (Fsp3) is 0.0435. The summed E-state index contributed by atoms with van der Waals surface area (Å²) in [6.07, 6.45) is 5.81. The van der Waals surface area contributed by atoms with Crippen molar-refractivity contribution in [1.29, 1.82) is 0 Å². The number of nitrogens with one attached hydrogen (secondary N) is 2. The van der Waals surface area contributed by atoms with E-state index in [2.05, 4.69) is 25.6 Å². The minimum atomic E-state index is -0.474. The molecule has 2 aromatic carbocycles. The molecule has 0 saturated heterocycles. The Kier molecular flexibility index (Phi) is 7.09. The Morgan fingerprint density at radius 3 is 2.47 bits per heavy atom. The van der Waals surface area contributed by atoms with E-state index < -0.39 is 11.8 Å². The van der Waals surface area contributed by atoms with Crippen LogP contribution >= 0.6 is 23.4 Å². The summed E-state index contributed by atoms with van der Waals surface area (Å²) < 4.78 is 19.1. The fourth-order valence-electron chi connectivity index (χ4n) is 2.99. The van der Waals surface area contributed by atoms with E-state index in [0.29, 0.717) is 33.3 Å². The van der Waals surface area contributed by atoms with Crippen LogP contribution in [0.2, 0.25) is 5.02 Å². The normalized spacial score (nSPS) is 10.6. The van der Waals surface area contributed by atoms with E-state index in [-0.39, 0.29) is 11.8 Å². The molecule has 172 valence electrons. The lowest BCUT2D eigenvalue weighted by molar-refractivity contribution is 0.262. The number of nitrogens with two attached hydrogens (primary N) is 1. The number of hydrogen-bond acceptors (Lipinski definition) is 7. The van der Waals surface area contributed by atoms with Crippen LogP contribution in [-0.2, 0) is 0 Å². The molecule has 0 saturated carbocycles. The number of benzene rings is 2. The number of rotatable bonds is 6. The van der Waals surface area contributed by atoms with E-state index in [1.54, 1.807) is 36.4 Å². The van der Waals surface area contributed by atoms with Gasteiger partial charge in [-0.1, -0.05) is 23.7 Å². The summed E-state index contributed by atoms with van der Waals surface area (Å²) in [6, 6.07) is 13.0. The molecule has 0 aliphatic rings. The van der Waals surface area contributed by atoms with Gasteiger partial charge in [0.2, 0.25) is 0 Å². The molecule has 0 radical (unpaired) electrons. The molecule has 0 spiro atoms. The summed E-state index contributed by atoms with van der Waals surface area (Å²) in [5.74, 6) is 0.221. The van der Waals surface area contributed by atoms with Gasteiger partial charge in [-0.2, -0.15) is 0 Å². The van der Waals surface area contributed by atoms with Crippen LogP contribution in [0.4, 0.5) is 26.4 Å². The number of pyridine rings is 1. The van der Waals surface area contributed by atoms with Gasteiger partial charge < -0.3 is 21.1 Å². The monoisotopic (exact) mass is 496 g/mol. The molecule has 2 heterocycles. The number of ether oxygens (including phenoxy) is 1. The molecule has 11 heteroatoms. The Morgan fingerprint density at radius 1 is 1.03 bits per heavy atom. The number of urea groups is 1. The van der Waals surface area contributed by atoms with Gasteiger partial charge in [-0.15, -0.1) is 11.8 Å². The molecule has 4 N–H and O–H groups in total. The summed E-state index contributed by atoms with van der Waals surface area (Å²) in [7, 11) is 0. The van der Waals surface area contributed by atoms with Gasteiger partial charge in [-0.3, -0.25) is 0 Å². The highest BCUT2D eigenvalue weighted by molar-refractivity contribution is 7.98. The first-order chi connectivity index (χ1) is 16.4. The SMILES string of the molecule is CSc1ccc(Cl)cc1NC(=O)Nc1cnc(Oc2ccc(-c3cc(F)cnc3N)cc2)nc1. The van der Waals surface area contributed by atoms with Crippen molar-refractivity contribution >= 4 is 46.6 Å². The summed E-state index contributed by atoms with van der Waals surface area (Å²) in [5, 5.41) is 5.92. The maximum absolute atomic E-state index is 13.5. The Bertz CT molecular complexity index is 1320. The number of nitrogen functional groups attached to an aromatic ring is 1. The lowest BCUT2D eigenvalue weighted by Gasteiger charge is -2.11. The Balaban J connectivity index is 1.38. The minimum absolute atomic E-state index is 0.0881. The van der Waals surface area contributed by atoms with Crippen LogP contribution in [0, 0.1) is 5.82 Å². The summed E-state index contributed by atoms with van der Waals surface area (Å²) >= 11 is 7.50. The van der Waals surface area contributed by atoms with Gasteiger partial charge >= 0.3 is 12.0 Å². The zero-order valence-corrected chi connectivity index (χ0v) is 19.3. The summed E-state index contributed by atoms with van der Waals surface area (Å²) in [6.45, 7) is 0. The average molecular weight is 497 g/mol. The highest BCUT2D eigenvalue weighted by atomic mass is 35.5. The first kappa shape index (κ1) is 23.3. The van der Waals surface area contributed by atoms with Gasteiger partial charge in [0.25, 0.3) is 0 Å². The van der Waals surface area contributed by atoms with Gasteiger partial charge in [-0.05, 0) is 48.2 Å². The largest absolute Gasteiger partial charge is 0.424 e. The van der Waals surface area contributed by atoms with Gasteiger partial charge in [0.1, 0.15) is 17.4 Å².